The number of fused-ring (bicyclic) bond motifs is 2. The third kappa shape index (κ3) is 3.15. The zero-order valence-electron chi connectivity index (χ0n) is 15.8. The lowest BCUT2D eigenvalue weighted by atomic mass is 9.80. The van der Waals surface area contributed by atoms with Gasteiger partial charge in [-0.2, -0.15) is 0 Å². The van der Waals surface area contributed by atoms with Crippen LogP contribution >= 0.6 is 0 Å². The first-order valence-corrected chi connectivity index (χ1v) is 9.60. The Kier molecular flexibility index (Phi) is 4.28. The van der Waals surface area contributed by atoms with Crippen LogP contribution in [-0.2, 0) is 19.7 Å². The molecule has 0 bridgehead atoms. The van der Waals surface area contributed by atoms with E-state index in [1.165, 1.54) is 5.57 Å². The second-order valence-corrected chi connectivity index (χ2v) is 7.53. The van der Waals surface area contributed by atoms with Crippen molar-refractivity contribution in [1.29, 1.82) is 0 Å². The Bertz CT molecular complexity index is 1010. The molecule has 0 unspecified atom stereocenters. The second-order valence-electron chi connectivity index (χ2n) is 7.53. The number of oxazole rings is 1. The van der Waals surface area contributed by atoms with Crippen LogP contribution in [-0.4, -0.2) is 53.0 Å². The Labute approximate surface area is 167 Å². The molecule has 8 heteroatoms. The molecule has 2 aromatic heterocycles. The van der Waals surface area contributed by atoms with E-state index in [1.807, 2.05) is 17.0 Å². The molecule has 3 aliphatic rings. The molecule has 0 radical (unpaired) electrons. The van der Waals surface area contributed by atoms with E-state index < -0.39 is 5.41 Å². The summed E-state index contributed by atoms with van der Waals surface area (Å²) in [6.45, 7) is 2.07. The summed E-state index contributed by atoms with van der Waals surface area (Å²) in [4.78, 5) is 35.0. The molecule has 0 atom stereocenters. The highest BCUT2D eigenvalue weighted by Gasteiger charge is 2.53. The van der Waals surface area contributed by atoms with Gasteiger partial charge in [0, 0.05) is 30.9 Å². The number of nitrogens with one attached hydrogen (secondary N) is 1. The highest BCUT2D eigenvalue weighted by Crippen LogP contribution is 2.42. The minimum atomic E-state index is -0.616. The van der Waals surface area contributed by atoms with Gasteiger partial charge in [-0.05, 0) is 36.6 Å². The minimum absolute atomic E-state index is 0.0310. The van der Waals surface area contributed by atoms with Crippen molar-refractivity contribution in [3.8, 4) is 0 Å². The zero-order chi connectivity index (χ0) is 19.8. The molecular formula is C21H20N4O4. The van der Waals surface area contributed by atoms with Gasteiger partial charge in [0.05, 0.1) is 19.4 Å². The summed E-state index contributed by atoms with van der Waals surface area (Å²) in [5.41, 5.74) is 2.26. The minimum Gasteiger partial charge on any atom is -0.445 e. The molecule has 5 rings (SSSR count). The number of likely N-dealkylation sites (tertiary alicyclic amines) is 1. The quantitative estimate of drug-likeness (QED) is 0.803. The normalized spacial score (nSPS) is 19.9. The van der Waals surface area contributed by atoms with E-state index in [0.717, 1.165) is 24.0 Å². The number of nitrogens with zero attached hydrogens (tertiary/aromatic N) is 3. The highest BCUT2D eigenvalue weighted by atomic mass is 16.5. The fourth-order valence-corrected chi connectivity index (χ4v) is 3.89. The first-order chi connectivity index (χ1) is 14.1. The fourth-order valence-electron chi connectivity index (χ4n) is 3.89. The smallest absolute Gasteiger partial charge is 0.246 e. The van der Waals surface area contributed by atoms with Gasteiger partial charge in [-0.3, -0.25) is 9.59 Å². The van der Waals surface area contributed by atoms with Crippen molar-refractivity contribution < 1.29 is 18.7 Å². The van der Waals surface area contributed by atoms with Gasteiger partial charge in [-0.25, -0.2) is 9.97 Å². The molecule has 148 valence electrons. The van der Waals surface area contributed by atoms with Gasteiger partial charge in [0.25, 0.3) is 0 Å². The Hall–Kier alpha value is -3.26. The number of carbonyl (C=O) groups excluding carboxylic acids is 2. The van der Waals surface area contributed by atoms with E-state index in [0.29, 0.717) is 38.0 Å². The summed E-state index contributed by atoms with van der Waals surface area (Å²) in [7, 11) is 0. The molecule has 1 N–H and O–H groups in total. The number of hydrogen-bond acceptors (Lipinski definition) is 6. The monoisotopic (exact) mass is 392 g/mol. The maximum Gasteiger partial charge on any atom is 0.246 e. The molecule has 29 heavy (non-hydrogen) atoms. The summed E-state index contributed by atoms with van der Waals surface area (Å²) >= 11 is 0. The van der Waals surface area contributed by atoms with E-state index in [9.17, 15) is 9.59 Å². The lowest BCUT2D eigenvalue weighted by molar-refractivity contribution is -0.138. The lowest BCUT2D eigenvalue weighted by Gasteiger charge is -2.35. The van der Waals surface area contributed by atoms with Crippen molar-refractivity contribution in [2.45, 2.75) is 18.3 Å². The molecule has 2 fully saturated rings. The van der Waals surface area contributed by atoms with Gasteiger partial charge in [-0.1, -0.05) is 5.57 Å². The van der Waals surface area contributed by atoms with E-state index in [4.69, 9.17) is 9.15 Å². The summed E-state index contributed by atoms with van der Waals surface area (Å²) in [6.07, 6.45) is 11.7. The molecular weight excluding hydrogens is 372 g/mol. The molecule has 2 saturated heterocycles. The van der Waals surface area contributed by atoms with Crippen molar-refractivity contribution in [1.82, 2.24) is 14.9 Å². The zero-order valence-corrected chi connectivity index (χ0v) is 15.8. The molecule has 2 amide bonds. The number of amides is 2. The predicted octanol–water partition coefficient (Wildman–Crippen LogP) is 2.01. The average Bonchev–Trinajstić information content (AvgIpc) is 3.30. The molecule has 0 saturated carbocycles. The second kappa shape index (κ2) is 6.97. The van der Waals surface area contributed by atoms with Gasteiger partial charge >= 0.3 is 0 Å². The molecule has 0 aliphatic carbocycles. The maximum atomic E-state index is 12.6. The number of aromatic nitrogens is 2. The van der Waals surface area contributed by atoms with Crippen LogP contribution in [0.3, 0.4) is 0 Å². The van der Waals surface area contributed by atoms with E-state index in [2.05, 4.69) is 15.3 Å². The number of anilines is 1. The van der Waals surface area contributed by atoms with Crippen molar-refractivity contribution >= 4 is 29.8 Å². The molecule has 5 heterocycles. The van der Waals surface area contributed by atoms with Gasteiger partial charge < -0.3 is 19.4 Å². The Morgan fingerprint density at radius 3 is 2.76 bits per heavy atom. The third-order valence-corrected chi connectivity index (χ3v) is 5.70. The maximum absolute atomic E-state index is 12.6. The van der Waals surface area contributed by atoms with Gasteiger partial charge in [-0.15, -0.1) is 0 Å². The number of ether oxygens (including phenoxy) is 1. The standard InChI is InChI=1S/C21H20N4O4/c26-18(25-6-3-14(4-7-25)10-17-22-5-8-29-17)2-1-15-9-16-19(23-11-15)24-20(27)21(16)12-28-13-21/h1-2,5,8-11H,3-4,6-7,12-13H2,(H,23,24,27). The first kappa shape index (κ1) is 17.8. The van der Waals surface area contributed by atoms with E-state index in [-0.39, 0.29) is 11.8 Å². The largest absolute Gasteiger partial charge is 0.445 e. The van der Waals surface area contributed by atoms with Crippen LogP contribution in [0, 0.1) is 0 Å². The van der Waals surface area contributed by atoms with Gasteiger partial charge in [0.1, 0.15) is 17.5 Å². The van der Waals surface area contributed by atoms with Crippen LogP contribution in [0.5, 0.6) is 0 Å². The molecule has 1 spiro atoms. The van der Waals surface area contributed by atoms with Crippen LogP contribution in [0.4, 0.5) is 5.82 Å². The predicted molar refractivity (Wildman–Crippen MR) is 105 cm³/mol. The highest BCUT2D eigenvalue weighted by molar-refractivity contribution is 6.06. The number of pyridine rings is 1. The van der Waals surface area contributed by atoms with Crippen LogP contribution < -0.4 is 5.32 Å². The number of rotatable bonds is 3. The lowest BCUT2D eigenvalue weighted by Crippen LogP contribution is -2.51. The van der Waals surface area contributed by atoms with Crippen LogP contribution in [0.1, 0.15) is 29.9 Å². The Morgan fingerprint density at radius 2 is 2.07 bits per heavy atom. The van der Waals surface area contributed by atoms with Crippen LogP contribution in [0.15, 0.2) is 40.8 Å². The molecule has 3 aliphatic heterocycles. The first-order valence-electron chi connectivity index (χ1n) is 9.60. The van der Waals surface area contributed by atoms with Gasteiger partial charge in [0.2, 0.25) is 17.7 Å². The third-order valence-electron chi connectivity index (χ3n) is 5.70. The Morgan fingerprint density at radius 1 is 1.24 bits per heavy atom. The number of carbonyl (C=O) groups is 2. The molecule has 2 aromatic rings. The fraction of sp³-hybridized carbons (Fsp3) is 0.333. The number of piperidine rings is 1. The van der Waals surface area contributed by atoms with Crippen molar-refractivity contribution in [3.05, 3.63) is 53.4 Å². The summed E-state index contributed by atoms with van der Waals surface area (Å²) < 4.78 is 10.5. The summed E-state index contributed by atoms with van der Waals surface area (Å²) in [5.74, 6) is 1.09. The topological polar surface area (TPSA) is 97.6 Å². The van der Waals surface area contributed by atoms with E-state index in [1.54, 1.807) is 30.8 Å². The van der Waals surface area contributed by atoms with Crippen LogP contribution in [0.2, 0.25) is 0 Å². The summed E-state index contributed by atoms with van der Waals surface area (Å²) in [6, 6.07) is 1.92. The molecule has 8 nitrogen and oxygen atoms in total. The van der Waals surface area contributed by atoms with Crippen molar-refractivity contribution in [2.24, 2.45) is 0 Å². The van der Waals surface area contributed by atoms with Crippen molar-refractivity contribution in [3.63, 3.8) is 0 Å². The Balaban J connectivity index is 1.24. The van der Waals surface area contributed by atoms with E-state index >= 15 is 0 Å². The van der Waals surface area contributed by atoms with Crippen molar-refractivity contribution in [2.75, 3.05) is 31.6 Å². The van der Waals surface area contributed by atoms with Gasteiger partial charge in [0.15, 0.2) is 0 Å². The average molecular weight is 392 g/mol. The molecule has 0 aromatic carbocycles. The SMILES string of the molecule is O=C(C=Cc1cnc2c(c1)C1(COC1)C(=O)N2)N1CCC(=Cc2ncco2)CC1. The van der Waals surface area contributed by atoms with Crippen LogP contribution in [0.25, 0.3) is 12.2 Å². The number of hydrogen-bond donors (Lipinski definition) is 1. The summed E-state index contributed by atoms with van der Waals surface area (Å²) in [5, 5.41) is 2.81.